The molecule has 0 radical (unpaired) electrons. The summed E-state index contributed by atoms with van der Waals surface area (Å²) in [7, 11) is 0. The molecule has 0 amide bonds. The molecule has 0 aliphatic carbocycles. The second-order valence-corrected chi connectivity index (χ2v) is 4.75. The molecule has 0 bridgehead atoms. The fourth-order valence-electron chi connectivity index (χ4n) is 2.40. The van der Waals surface area contributed by atoms with E-state index in [-0.39, 0.29) is 0 Å². The van der Waals surface area contributed by atoms with E-state index in [1.807, 2.05) is 79.7 Å². The summed E-state index contributed by atoms with van der Waals surface area (Å²) in [6.45, 7) is 1.93. The molecule has 2 aromatic carbocycles. The molecule has 98 valence electrons. The minimum atomic E-state index is -0.810. The van der Waals surface area contributed by atoms with Crippen LogP contribution in [0.1, 0.15) is 25.3 Å². The molecule has 20 heavy (non-hydrogen) atoms. The largest absolute Gasteiger partial charge is 0.256 e. The zero-order valence-electron chi connectivity index (χ0n) is 12.5. The van der Waals surface area contributed by atoms with Gasteiger partial charge in [-0.3, -0.25) is 4.98 Å². The molecular formula is C19H17N. The van der Waals surface area contributed by atoms with Crippen molar-refractivity contribution in [1.29, 1.82) is 0 Å². The smallest absolute Gasteiger partial charge is 0.0704 e. The summed E-state index contributed by atoms with van der Waals surface area (Å²) >= 11 is 0. The van der Waals surface area contributed by atoms with Gasteiger partial charge in [-0.15, -0.1) is 0 Å². The van der Waals surface area contributed by atoms with Gasteiger partial charge in [0.15, 0.2) is 0 Å². The van der Waals surface area contributed by atoms with E-state index in [1.54, 1.807) is 6.20 Å². The normalized spacial score (nSPS) is 14.3. The summed E-state index contributed by atoms with van der Waals surface area (Å²) in [6.07, 6.45) is 1.79. The first-order valence-electron chi connectivity index (χ1n) is 7.26. The van der Waals surface area contributed by atoms with Gasteiger partial charge < -0.3 is 0 Å². The third-order valence-electron chi connectivity index (χ3n) is 3.48. The molecule has 3 aromatic rings. The van der Waals surface area contributed by atoms with Crippen molar-refractivity contribution in [1.82, 2.24) is 4.98 Å². The highest BCUT2D eigenvalue weighted by atomic mass is 14.7. The minimum absolute atomic E-state index is 0.810. The van der Waals surface area contributed by atoms with E-state index in [1.165, 1.54) is 0 Å². The van der Waals surface area contributed by atoms with Crippen molar-refractivity contribution in [3.05, 3.63) is 90.1 Å². The summed E-state index contributed by atoms with van der Waals surface area (Å²) in [4.78, 5) is 4.43. The standard InChI is InChI=1S/C19H17N/c1-15(16-9-3-2-4-10-16)17-11-5-6-12-18(17)19-13-7-8-14-20-19/h2-15H,1H3/i15D. The maximum atomic E-state index is 8.87. The Morgan fingerprint density at radius 1 is 0.850 bits per heavy atom. The Hall–Kier alpha value is -2.41. The van der Waals surface area contributed by atoms with E-state index < -0.39 is 5.89 Å². The molecule has 1 heteroatoms. The van der Waals surface area contributed by atoms with Crippen molar-refractivity contribution < 1.29 is 1.37 Å². The van der Waals surface area contributed by atoms with Gasteiger partial charge in [0.2, 0.25) is 0 Å². The fourth-order valence-corrected chi connectivity index (χ4v) is 2.40. The lowest BCUT2D eigenvalue weighted by Crippen LogP contribution is -1.99. The van der Waals surface area contributed by atoms with E-state index in [9.17, 15) is 0 Å². The second-order valence-electron chi connectivity index (χ2n) is 4.75. The van der Waals surface area contributed by atoms with Crippen LogP contribution in [0.2, 0.25) is 0 Å². The quantitative estimate of drug-likeness (QED) is 0.652. The average Bonchev–Trinajstić information content (AvgIpc) is 2.56. The molecule has 0 saturated heterocycles. The van der Waals surface area contributed by atoms with Crippen molar-refractivity contribution >= 4 is 0 Å². The third kappa shape index (κ3) is 2.48. The summed E-state index contributed by atoms with van der Waals surface area (Å²) in [5, 5.41) is 0. The monoisotopic (exact) mass is 260 g/mol. The second kappa shape index (κ2) is 5.70. The van der Waals surface area contributed by atoms with Crippen LogP contribution in [0.5, 0.6) is 0 Å². The SMILES string of the molecule is [2H]C(C)(c1ccccc1)c1ccccc1-c1ccccn1. The van der Waals surface area contributed by atoms with Crippen molar-refractivity contribution in [3.8, 4) is 11.3 Å². The van der Waals surface area contributed by atoms with Crippen molar-refractivity contribution in [2.24, 2.45) is 0 Å². The molecule has 1 unspecified atom stereocenters. The molecule has 1 heterocycles. The van der Waals surface area contributed by atoms with Crippen LogP contribution < -0.4 is 0 Å². The molecule has 0 aliphatic heterocycles. The summed E-state index contributed by atoms with van der Waals surface area (Å²) in [6, 6.07) is 23.8. The molecule has 0 fully saturated rings. The lowest BCUT2D eigenvalue weighted by molar-refractivity contribution is 0.923. The number of benzene rings is 2. The van der Waals surface area contributed by atoms with Gasteiger partial charge in [-0.25, -0.2) is 0 Å². The average molecular weight is 260 g/mol. The summed E-state index contributed by atoms with van der Waals surface area (Å²) in [5.41, 5.74) is 3.87. The number of aromatic nitrogens is 1. The molecule has 0 N–H and O–H groups in total. The van der Waals surface area contributed by atoms with Crippen LogP contribution in [0.15, 0.2) is 79.0 Å². The van der Waals surface area contributed by atoms with E-state index in [0.717, 1.165) is 22.4 Å². The van der Waals surface area contributed by atoms with Gasteiger partial charge >= 0.3 is 0 Å². The number of rotatable bonds is 3. The van der Waals surface area contributed by atoms with Crippen LogP contribution in [0, 0.1) is 0 Å². The molecule has 0 aliphatic rings. The van der Waals surface area contributed by atoms with E-state index in [0.29, 0.717) is 0 Å². The molecule has 1 aromatic heterocycles. The Kier molecular flexibility index (Phi) is 3.26. The molecular weight excluding hydrogens is 242 g/mol. The van der Waals surface area contributed by atoms with Gasteiger partial charge in [-0.2, -0.15) is 0 Å². The van der Waals surface area contributed by atoms with Crippen LogP contribution in [0.4, 0.5) is 0 Å². The van der Waals surface area contributed by atoms with Gasteiger partial charge in [0.1, 0.15) is 0 Å². The number of pyridine rings is 1. The predicted molar refractivity (Wildman–Crippen MR) is 83.6 cm³/mol. The van der Waals surface area contributed by atoms with E-state index >= 15 is 0 Å². The van der Waals surface area contributed by atoms with Crippen molar-refractivity contribution in [2.45, 2.75) is 12.8 Å². The highest BCUT2D eigenvalue weighted by Crippen LogP contribution is 2.31. The van der Waals surface area contributed by atoms with Crippen molar-refractivity contribution in [3.63, 3.8) is 0 Å². The Morgan fingerprint density at radius 3 is 2.30 bits per heavy atom. The zero-order chi connectivity index (χ0) is 14.7. The van der Waals surface area contributed by atoms with E-state index in [4.69, 9.17) is 1.37 Å². The Labute approximate surface area is 121 Å². The fraction of sp³-hybridized carbons (Fsp3) is 0.105. The lowest BCUT2D eigenvalue weighted by atomic mass is 9.88. The van der Waals surface area contributed by atoms with Crippen LogP contribution in [-0.4, -0.2) is 4.98 Å². The molecule has 3 rings (SSSR count). The first kappa shape index (κ1) is 11.4. The van der Waals surface area contributed by atoms with Gasteiger partial charge in [0, 0.05) is 19.0 Å². The minimum Gasteiger partial charge on any atom is -0.256 e. The molecule has 1 nitrogen and oxygen atoms in total. The molecule has 1 atom stereocenters. The molecule has 0 saturated carbocycles. The Bertz CT molecular complexity index is 721. The van der Waals surface area contributed by atoms with E-state index in [2.05, 4.69) is 4.98 Å². The molecule has 0 spiro atoms. The Balaban J connectivity index is 2.16. The first-order valence-corrected chi connectivity index (χ1v) is 6.76. The lowest BCUT2D eigenvalue weighted by Gasteiger charge is -2.16. The highest BCUT2D eigenvalue weighted by molar-refractivity contribution is 5.65. The maximum Gasteiger partial charge on any atom is 0.0704 e. The van der Waals surface area contributed by atoms with Gasteiger partial charge in [-0.1, -0.05) is 67.6 Å². The van der Waals surface area contributed by atoms with Gasteiger partial charge in [0.25, 0.3) is 0 Å². The van der Waals surface area contributed by atoms with Crippen molar-refractivity contribution in [2.75, 3.05) is 0 Å². The zero-order valence-corrected chi connectivity index (χ0v) is 11.5. The number of hydrogen-bond acceptors (Lipinski definition) is 1. The summed E-state index contributed by atoms with van der Waals surface area (Å²) in [5.74, 6) is -0.810. The first-order chi connectivity index (χ1) is 10.2. The topological polar surface area (TPSA) is 12.9 Å². The van der Waals surface area contributed by atoms with Crippen LogP contribution in [0.25, 0.3) is 11.3 Å². The predicted octanol–water partition coefficient (Wildman–Crippen LogP) is 4.90. The Morgan fingerprint density at radius 2 is 1.55 bits per heavy atom. The number of nitrogens with zero attached hydrogens (tertiary/aromatic N) is 1. The maximum absolute atomic E-state index is 8.87. The van der Waals surface area contributed by atoms with Gasteiger partial charge in [0.05, 0.1) is 5.69 Å². The van der Waals surface area contributed by atoms with Crippen LogP contribution in [-0.2, 0) is 0 Å². The third-order valence-corrected chi connectivity index (χ3v) is 3.48. The highest BCUT2D eigenvalue weighted by Gasteiger charge is 2.13. The van der Waals surface area contributed by atoms with Crippen LogP contribution >= 0.6 is 0 Å². The van der Waals surface area contributed by atoms with Crippen LogP contribution in [0.3, 0.4) is 0 Å². The number of hydrogen-bond donors (Lipinski definition) is 0. The summed E-state index contributed by atoms with van der Waals surface area (Å²) < 4.78 is 8.87. The van der Waals surface area contributed by atoms with Gasteiger partial charge in [-0.05, 0) is 23.3 Å².